The number of benzene rings is 3. The molecule has 0 N–H and O–H groups in total. The van der Waals surface area contributed by atoms with E-state index < -0.39 is 5.60 Å². The fourth-order valence-electron chi connectivity index (χ4n) is 4.56. The van der Waals surface area contributed by atoms with Gasteiger partial charge in [0.1, 0.15) is 0 Å². The van der Waals surface area contributed by atoms with Crippen LogP contribution < -0.4 is 0 Å². The number of epoxide rings is 1. The second kappa shape index (κ2) is 5.05. The molecule has 2 heteroatoms. The van der Waals surface area contributed by atoms with E-state index in [2.05, 4.69) is 77.6 Å². The number of nitrogens with zero attached hydrogens (tertiary/aromatic N) is 1. The Morgan fingerprint density at radius 2 is 1.28 bits per heavy atom. The second-order valence-electron chi connectivity index (χ2n) is 6.85. The van der Waals surface area contributed by atoms with Gasteiger partial charge in [-0.1, -0.05) is 84.9 Å². The van der Waals surface area contributed by atoms with E-state index in [4.69, 9.17) is 11.3 Å². The predicted molar refractivity (Wildman–Crippen MR) is 97.0 cm³/mol. The highest BCUT2D eigenvalue weighted by Crippen LogP contribution is 2.65. The van der Waals surface area contributed by atoms with Gasteiger partial charge in [-0.05, 0) is 22.3 Å². The molecule has 2 nitrogen and oxygen atoms in total. The molecule has 1 saturated heterocycles. The first-order chi connectivity index (χ1) is 12.3. The Hall–Kier alpha value is -2.89. The van der Waals surface area contributed by atoms with Crippen molar-refractivity contribution in [1.82, 2.24) is 0 Å². The van der Waals surface area contributed by atoms with Gasteiger partial charge in [0.25, 0.3) is 0 Å². The monoisotopic (exact) mass is 323 g/mol. The first-order valence-electron chi connectivity index (χ1n) is 8.57. The van der Waals surface area contributed by atoms with Gasteiger partial charge in [0.15, 0.2) is 0 Å². The van der Waals surface area contributed by atoms with Gasteiger partial charge in [0.05, 0.1) is 0 Å². The molecule has 5 rings (SSSR count). The lowest BCUT2D eigenvalue weighted by Crippen LogP contribution is -2.27. The van der Waals surface area contributed by atoms with Gasteiger partial charge in [0, 0.05) is 11.8 Å². The number of fused-ring (bicyclic) bond motifs is 2. The largest absolute Gasteiger partial charge is 0.362 e. The SMILES string of the molecule is [C-]#[N+]C1OC12CC(c1ccccc1)(c1ccccc1)c1ccccc12. The number of hydrogen-bond donors (Lipinski definition) is 0. The van der Waals surface area contributed by atoms with Crippen LogP contribution in [-0.2, 0) is 15.8 Å². The first-order valence-corrected chi connectivity index (χ1v) is 8.57. The van der Waals surface area contributed by atoms with Crippen LogP contribution in [0.2, 0.25) is 0 Å². The van der Waals surface area contributed by atoms with Gasteiger partial charge in [-0.15, -0.1) is 0 Å². The molecule has 1 spiro atoms. The number of ether oxygens (including phenoxy) is 1. The van der Waals surface area contributed by atoms with Gasteiger partial charge in [-0.25, -0.2) is 6.57 Å². The Kier molecular flexibility index (Phi) is 2.92. The van der Waals surface area contributed by atoms with Crippen LogP contribution in [0.25, 0.3) is 4.85 Å². The summed E-state index contributed by atoms with van der Waals surface area (Å²) in [7, 11) is 0. The third-order valence-electron chi connectivity index (χ3n) is 5.68. The summed E-state index contributed by atoms with van der Waals surface area (Å²) in [6, 6.07) is 29.7. The van der Waals surface area contributed by atoms with Crippen LogP contribution in [0.3, 0.4) is 0 Å². The van der Waals surface area contributed by atoms with Crippen molar-refractivity contribution in [2.75, 3.05) is 0 Å². The van der Waals surface area contributed by atoms with Crippen molar-refractivity contribution in [1.29, 1.82) is 0 Å². The summed E-state index contributed by atoms with van der Waals surface area (Å²) in [4.78, 5) is 3.71. The molecule has 1 heterocycles. The molecule has 2 aliphatic rings. The average molecular weight is 323 g/mol. The lowest BCUT2D eigenvalue weighted by Gasteiger charge is -2.32. The van der Waals surface area contributed by atoms with E-state index in [1.165, 1.54) is 22.3 Å². The van der Waals surface area contributed by atoms with Gasteiger partial charge in [-0.3, -0.25) is 9.58 Å². The average Bonchev–Trinajstić information content (AvgIpc) is 3.32. The maximum atomic E-state index is 7.49. The molecule has 2 atom stereocenters. The Morgan fingerprint density at radius 1 is 0.760 bits per heavy atom. The molecule has 1 aliphatic heterocycles. The van der Waals surface area contributed by atoms with E-state index in [0.717, 1.165) is 6.42 Å². The fourth-order valence-corrected chi connectivity index (χ4v) is 4.56. The normalized spacial score (nSPS) is 25.3. The molecule has 0 amide bonds. The van der Waals surface area contributed by atoms with E-state index in [1.807, 2.05) is 12.1 Å². The summed E-state index contributed by atoms with van der Waals surface area (Å²) in [5.41, 5.74) is 4.19. The number of hydrogen-bond acceptors (Lipinski definition) is 1. The molecule has 1 fully saturated rings. The van der Waals surface area contributed by atoms with Crippen LogP contribution in [0, 0.1) is 6.57 Å². The molecule has 3 aromatic rings. The van der Waals surface area contributed by atoms with Crippen LogP contribution in [0.1, 0.15) is 28.7 Å². The molecular formula is C23H17NO. The van der Waals surface area contributed by atoms with Crippen molar-refractivity contribution in [3.05, 3.63) is 119 Å². The lowest BCUT2D eigenvalue weighted by atomic mass is 9.70. The van der Waals surface area contributed by atoms with E-state index in [1.54, 1.807) is 0 Å². The van der Waals surface area contributed by atoms with Crippen molar-refractivity contribution >= 4 is 0 Å². The van der Waals surface area contributed by atoms with Crippen LogP contribution >= 0.6 is 0 Å². The van der Waals surface area contributed by atoms with E-state index in [-0.39, 0.29) is 11.6 Å². The van der Waals surface area contributed by atoms with Crippen molar-refractivity contribution in [2.45, 2.75) is 23.7 Å². The van der Waals surface area contributed by atoms with Gasteiger partial charge >= 0.3 is 6.23 Å². The standard InChI is InChI=1S/C23H17NO/c1-24-21-23(25-21)16-22(17-10-4-2-5-11-17,18-12-6-3-7-13-18)19-14-8-9-15-20(19)23/h2-15,21H,16H2. The summed E-state index contributed by atoms with van der Waals surface area (Å²) in [6.07, 6.45) is 0.406. The minimum Gasteiger partial charge on any atom is -0.285 e. The minimum atomic E-state index is -0.468. The summed E-state index contributed by atoms with van der Waals surface area (Å²) in [5.74, 6) is 0. The Bertz CT molecular complexity index is 934. The van der Waals surface area contributed by atoms with Crippen molar-refractivity contribution in [2.24, 2.45) is 0 Å². The first kappa shape index (κ1) is 14.5. The highest BCUT2D eigenvalue weighted by Gasteiger charge is 2.73. The molecule has 3 aromatic carbocycles. The Balaban J connectivity index is 1.83. The smallest absolute Gasteiger partial charge is 0.285 e. The van der Waals surface area contributed by atoms with Crippen LogP contribution in [-0.4, -0.2) is 6.23 Å². The Morgan fingerprint density at radius 3 is 1.80 bits per heavy atom. The van der Waals surface area contributed by atoms with Crippen molar-refractivity contribution in [3.8, 4) is 0 Å². The van der Waals surface area contributed by atoms with Crippen molar-refractivity contribution < 1.29 is 4.74 Å². The Labute approximate surface area is 147 Å². The maximum absolute atomic E-state index is 7.49. The zero-order valence-corrected chi connectivity index (χ0v) is 13.7. The van der Waals surface area contributed by atoms with Gasteiger partial charge in [-0.2, -0.15) is 0 Å². The maximum Gasteiger partial charge on any atom is 0.362 e. The van der Waals surface area contributed by atoms with E-state index in [9.17, 15) is 0 Å². The molecule has 0 saturated carbocycles. The summed E-state index contributed by atoms with van der Waals surface area (Å²) >= 11 is 0. The topological polar surface area (TPSA) is 16.9 Å². The third kappa shape index (κ3) is 1.82. The molecular weight excluding hydrogens is 306 g/mol. The van der Waals surface area contributed by atoms with E-state index >= 15 is 0 Å². The highest BCUT2D eigenvalue weighted by molar-refractivity contribution is 5.61. The molecule has 0 radical (unpaired) electrons. The molecule has 25 heavy (non-hydrogen) atoms. The van der Waals surface area contributed by atoms with Crippen LogP contribution in [0.4, 0.5) is 0 Å². The highest BCUT2D eigenvalue weighted by atomic mass is 16.6. The molecule has 0 aromatic heterocycles. The zero-order chi connectivity index (χ0) is 16.9. The molecule has 2 unspecified atom stereocenters. The van der Waals surface area contributed by atoms with Gasteiger partial charge < -0.3 is 0 Å². The van der Waals surface area contributed by atoms with Crippen LogP contribution in [0.15, 0.2) is 84.9 Å². The lowest BCUT2D eigenvalue weighted by molar-refractivity contribution is 0.284. The van der Waals surface area contributed by atoms with Crippen molar-refractivity contribution in [3.63, 3.8) is 0 Å². The summed E-state index contributed by atoms with van der Waals surface area (Å²) in [6.45, 7) is 7.49. The predicted octanol–water partition coefficient (Wildman–Crippen LogP) is 4.90. The molecule has 120 valence electrons. The van der Waals surface area contributed by atoms with E-state index in [0.29, 0.717) is 0 Å². The van der Waals surface area contributed by atoms with Crippen LogP contribution in [0.5, 0.6) is 0 Å². The third-order valence-corrected chi connectivity index (χ3v) is 5.68. The second-order valence-corrected chi connectivity index (χ2v) is 6.85. The zero-order valence-electron chi connectivity index (χ0n) is 13.7. The summed E-state index contributed by atoms with van der Waals surface area (Å²) in [5, 5.41) is 0. The minimum absolute atomic E-state index is 0.279. The molecule has 1 aliphatic carbocycles. The quantitative estimate of drug-likeness (QED) is 0.484. The molecule has 0 bridgehead atoms. The fraction of sp³-hybridized carbons (Fsp3) is 0.174. The number of rotatable bonds is 2. The summed E-state index contributed by atoms with van der Waals surface area (Å²) < 4.78 is 5.99. The van der Waals surface area contributed by atoms with Gasteiger partial charge in [0.2, 0.25) is 5.60 Å².